The van der Waals surface area contributed by atoms with Gasteiger partial charge in [-0.05, 0) is 44.0 Å². The summed E-state index contributed by atoms with van der Waals surface area (Å²) < 4.78 is 5.30. The van der Waals surface area contributed by atoms with Gasteiger partial charge in [-0.2, -0.15) is 0 Å². The van der Waals surface area contributed by atoms with E-state index in [-0.39, 0.29) is 18.4 Å². The normalized spacial score (nSPS) is 17.0. The molecule has 1 aromatic carbocycles. The summed E-state index contributed by atoms with van der Waals surface area (Å²) in [5.74, 6) is -0.465. The summed E-state index contributed by atoms with van der Waals surface area (Å²) in [5.41, 5.74) is 10.4. The molecule has 0 saturated carbocycles. The van der Waals surface area contributed by atoms with Crippen molar-refractivity contribution in [3.05, 3.63) is 29.8 Å². The second kappa shape index (κ2) is 8.19. The molecule has 1 saturated heterocycles. The number of ether oxygens (including phenoxy) is 1. The first-order valence-electron chi connectivity index (χ1n) is 7.88. The fourth-order valence-corrected chi connectivity index (χ4v) is 2.55. The van der Waals surface area contributed by atoms with Gasteiger partial charge < -0.3 is 15.4 Å². The number of rotatable bonds is 4. The van der Waals surface area contributed by atoms with Gasteiger partial charge in [0.15, 0.2) is 0 Å². The molecule has 1 atom stereocenters. The monoisotopic (exact) mass is 334 g/mol. The van der Waals surface area contributed by atoms with E-state index >= 15 is 0 Å². The van der Waals surface area contributed by atoms with Crippen molar-refractivity contribution in [1.82, 2.24) is 15.8 Å². The largest absolute Gasteiger partial charge is 0.494 e. The lowest BCUT2D eigenvalue weighted by Crippen LogP contribution is -2.50. The second-order valence-electron chi connectivity index (χ2n) is 5.52. The van der Waals surface area contributed by atoms with Crippen molar-refractivity contribution in [2.45, 2.75) is 19.8 Å². The van der Waals surface area contributed by atoms with Crippen molar-refractivity contribution in [3.8, 4) is 5.75 Å². The maximum absolute atomic E-state index is 12.1. The molecule has 0 unspecified atom stereocenters. The Balaban J connectivity index is 1.84. The summed E-state index contributed by atoms with van der Waals surface area (Å²) in [7, 11) is 0. The zero-order chi connectivity index (χ0) is 17.5. The average Bonchev–Trinajstić information content (AvgIpc) is 2.60. The van der Waals surface area contributed by atoms with Crippen molar-refractivity contribution < 1.29 is 19.1 Å². The van der Waals surface area contributed by atoms with Crippen LogP contribution in [-0.4, -0.2) is 42.4 Å². The number of primary amides is 1. The Labute approximate surface area is 140 Å². The lowest BCUT2D eigenvalue weighted by atomic mass is 9.98. The zero-order valence-corrected chi connectivity index (χ0v) is 13.6. The first-order chi connectivity index (χ1) is 11.5. The number of piperidine rings is 1. The smallest absolute Gasteiger partial charge is 0.314 e. The quantitative estimate of drug-likeness (QED) is 0.701. The number of hydrogen-bond acceptors (Lipinski definition) is 4. The standard InChI is InChI=1S/C16H22N4O4/c1-2-24-13-7-5-11(6-8-13)14(21)18-19-15(22)12-4-3-9-20(10-12)16(17)23/h5-8,12H,2-4,9-10H2,1H3,(H2,17,23)(H,18,21)(H,19,22)/t12-/m1/s1. The minimum absolute atomic E-state index is 0.264. The topological polar surface area (TPSA) is 114 Å². The van der Waals surface area contributed by atoms with Gasteiger partial charge in [-0.3, -0.25) is 20.4 Å². The minimum atomic E-state index is -0.536. The summed E-state index contributed by atoms with van der Waals surface area (Å²) in [6, 6.07) is 6.06. The summed E-state index contributed by atoms with van der Waals surface area (Å²) in [6.45, 7) is 3.24. The van der Waals surface area contributed by atoms with E-state index in [0.717, 1.165) is 0 Å². The van der Waals surface area contributed by atoms with Crippen molar-refractivity contribution in [2.24, 2.45) is 11.7 Å². The number of hydrazine groups is 1. The molecule has 4 amide bonds. The first kappa shape index (κ1) is 17.6. The van der Waals surface area contributed by atoms with E-state index in [0.29, 0.717) is 37.3 Å². The Kier molecular flexibility index (Phi) is 6.00. The van der Waals surface area contributed by atoms with E-state index < -0.39 is 11.9 Å². The molecule has 1 heterocycles. The highest BCUT2D eigenvalue weighted by atomic mass is 16.5. The van der Waals surface area contributed by atoms with Crippen LogP contribution in [0.1, 0.15) is 30.1 Å². The number of nitrogens with zero attached hydrogens (tertiary/aromatic N) is 1. The van der Waals surface area contributed by atoms with Crippen LogP contribution in [0.15, 0.2) is 24.3 Å². The highest BCUT2D eigenvalue weighted by Gasteiger charge is 2.27. The maximum Gasteiger partial charge on any atom is 0.314 e. The zero-order valence-electron chi connectivity index (χ0n) is 13.6. The summed E-state index contributed by atoms with van der Waals surface area (Å²) in [6.07, 6.45) is 1.35. The first-order valence-corrected chi connectivity index (χ1v) is 7.88. The van der Waals surface area contributed by atoms with Gasteiger partial charge in [-0.15, -0.1) is 0 Å². The highest BCUT2D eigenvalue weighted by Crippen LogP contribution is 2.16. The molecule has 1 fully saturated rings. The number of hydrogen-bond donors (Lipinski definition) is 3. The molecule has 0 aromatic heterocycles. The molecule has 1 aromatic rings. The Morgan fingerprint density at radius 2 is 1.96 bits per heavy atom. The molecule has 0 spiro atoms. The lowest BCUT2D eigenvalue weighted by Gasteiger charge is -2.30. The van der Waals surface area contributed by atoms with Gasteiger partial charge in [0.05, 0.1) is 12.5 Å². The molecule has 0 radical (unpaired) electrons. The molecule has 0 bridgehead atoms. The van der Waals surface area contributed by atoms with Crippen LogP contribution in [-0.2, 0) is 4.79 Å². The van der Waals surface area contributed by atoms with Crippen LogP contribution in [0.4, 0.5) is 4.79 Å². The number of amides is 4. The second-order valence-corrected chi connectivity index (χ2v) is 5.52. The van der Waals surface area contributed by atoms with Crippen LogP contribution < -0.4 is 21.3 Å². The molecular weight excluding hydrogens is 312 g/mol. The van der Waals surface area contributed by atoms with Crippen molar-refractivity contribution in [1.29, 1.82) is 0 Å². The highest BCUT2D eigenvalue weighted by molar-refractivity contribution is 5.95. The molecule has 2 rings (SSSR count). The number of carbonyl (C=O) groups excluding carboxylic acids is 3. The van der Waals surface area contributed by atoms with Crippen molar-refractivity contribution in [3.63, 3.8) is 0 Å². The lowest BCUT2D eigenvalue weighted by molar-refractivity contribution is -0.127. The predicted molar refractivity (Wildman–Crippen MR) is 87.1 cm³/mol. The van der Waals surface area contributed by atoms with E-state index in [1.165, 1.54) is 4.90 Å². The number of urea groups is 1. The van der Waals surface area contributed by atoms with E-state index in [2.05, 4.69) is 10.9 Å². The molecule has 130 valence electrons. The van der Waals surface area contributed by atoms with Crippen LogP contribution in [0.2, 0.25) is 0 Å². The Hall–Kier alpha value is -2.77. The summed E-state index contributed by atoms with van der Waals surface area (Å²) in [4.78, 5) is 36.8. The van der Waals surface area contributed by atoms with Gasteiger partial charge in [0.1, 0.15) is 5.75 Å². The van der Waals surface area contributed by atoms with E-state index in [1.807, 2.05) is 6.92 Å². The predicted octanol–water partition coefficient (Wildman–Crippen LogP) is 0.637. The molecule has 0 aliphatic carbocycles. The molecular formula is C16H22N4O4. The number of benzene rings is 1. The van der Waals surface area contributed by atoms with E-state index in [1.54, 1.807) is 24.3 Å². The van der Waals surface area contributed by atoms with Gasteiger partial charge in [0.2, 0.25) is 5.91 Å². The molecule has 8 heteroatoms. The molecule has 1 aliphatic rings. The summed E-state index contributed by atoms with van der Waals surface area (Å²) in [5, 5.41) is 0. The number of nitrogens with two attached hydrogens (primary N) is 1. The Morgan fingerprint density at radius 1 is 1.25 bits per heavy atom. The minimum Gasteiger partial charge on any atom is -0.494 e. The van der Waals surface area contributed by atoms with Gasteiger partial charge in [0, 0.05) is 18.7 Å². The average molecular weight is 334 g/mol. The maximum atomic E-state index is 12.1. The number of nitrogens with one attached hydrogen (secondary N) is 2. The van der Waals surface area contributed by atoms with Crippen molar-refractivity contribution in [2.75, 3.05) is 19.7 Å². The fourth-order valence-electron chi connectivity index (χ4n) is 2.55. The molecule has 8 nitrogen and oxygen atoms in total. The Bertz CT molecular complexity index is 603. The van der Waals surface area contributed by atoms with Crippen LogP contribution in [0.3, 0.4) is 0 Å². The molecule has 24 heavy (non-hydrogen) atoms. The summed E-state index contributed by atoms with van der Waals surface area (Å²) >= 11 is 0. The third-order valence-electron chi connectivity index (χ3n) is 3.83. The van der Waals surface area contributed by atoms with E-state index in [9.17, 15) is 14.4 Å². The molecule has 4 N–H and O–H groups in total. The van der Waals surface area contributed by atoms with Crippen LogP contribution >= 0.6 is 0 Å². The molecule has 1 aliphatic heterocycles. The van der Waals surface area contributed by atoms with Gasteiger partial charge in [-0.25, -0.2) is 4.79 Å². The number of carbonyl (C=O) groups is 3. The third kappa shape index (κ3) is 4.61. The van der Waals surface area contributed by atoms with Crippen LogP contribution in [0, 0.1) is 5.92 Å². The fraction of sp³-hybridized carbons (Fsp3) is 0.438. The Morgan fingerprint density at radius 3 is 2.58 bits per heavy atom. The SMILES string of the molecule is CCOc1ccc(C(=O)NNC(=O)[C@@H]2CCCN(C(N)=O)C2)cc1. The van der Waals surface area contributed by atoms with Crippen LogP contribution in [0.25, 0.3) is 0 Å². The van der Waals surface area contributed by atoms with E-state index in [4.69, 9.17) is 10.5 Å². The van der Waals surface area contributed by atoms with Crippen LogP contribution in [0.5, 0.6) is 5.75 Å². The van der Waals surface area contributed by atoms with Gasteiger partial charge >= 0.3 is 6.03 Å². The van der Waals surface area contributed by atoms with Gasteiger partial charge in [0.25, 0.3) is 5.91 Å². The third-order valence-corrected chi connectivity index (χ3v) is 3.83. The van der Waals surface area contributed by atoms with Gasteiger partial charge in [-0.1, -0.05) is 0 Å². The number of likely N-dealkylation sites (tertiary alicyclic amines) is 1. The van der Waals surface area contributed by atoms with Crippen molar-refractivity contribution >= 4 is 17.8 Å².